The largest absolute Gasteiger partial charge is 0.363 e. The average molecular weight is 166 g/mol. The van der Waals surface area contributed by atoms with Gasteiger partial charge in [-0.15, -0.1) is 0 Å². The first-order valence-corrected chi connectivity index (χ1v) is 3.71. The molecule has 4 heteroatoms. The van der Waals surface area contributed by atoms with Gasteiger partial charge < -0.3 is 10.1 Å². The molecule has 4 nitrogen and oxygen atoms in total. The van der Waals surface area contributed by atoms with Crippen LogP contribution >= 0.6 is 0 Å². The molecule has 64 valence electrons. The predicted molar refractivity (Wildman–Crippen MR) is 45.0 cm³/mol. The fourth-order valence-corrected chi connectivity index (χ4v) is 0.847. The Hall–Kier alpha value is -1.45. The van der Waals surface area contributed by atoms with Crippen molar-refractivity contribution in [1.29, 1.82) is 0 Å². The Labute approximate surface area is 70.4 Å². The van der Waals surface area contributed by atoms with Crippen molar-refractivity contribution in [2.24, 2.45) is 0 Å². The molecule has 0 aliphatic carbocycles. The molecule has 0 fully saturated rings. The van der Waals surface area contributed by atoms with Crippen molar-refractivity contribution < 1.29 is 4.92 Å². The summed E-state index contributed by atoms with van der Waals surface area (Å²) in [6, 6.07) is 3.16. The minimum absolute atomic E-state index is 0.0978. The predicted octanol–water partition coefficient (Wildman–Crippen LogP) is 2.11. The first kappa shape index (κ1) is 8.64. The summed E-state index contributed by atoms with van der Waals surface area (Å²) in [7, 11) is 0. The van der Waals surface area contributed by atoms with Gasteiger partial charge in [0.15, 0.2) is 0 Å². The van der Waals surface area contributed by atoms with E-state index >= 15 is 0 Å². The Kier molecular flexibility index (Phi) is 2.38. The van der Waals surface area contributed by atoms with E-state index in [2.05, 4.69) is 4.98 Å². The van der Waals surface area contributed by atoms with Gasteiger partial charge in [-0.05, 0) is 27.5 Å². The van der Waals surface area contributed by atoms with Gasteiger partial charge in [0, 0.05) is 6.07 Å². The third-order valence-electron chi connectivity index (χ3n) is 1.62. The summed E-state index contributed by atoms with van der Waals surface area (Å²) in [5, 5.41) is 10.2. The van der Waals surface area contributed by atoms with Gasteiger partial charge in [-0.2, -0.15) is 0 Å². The van der Waals surface area contributed by atoms with Crippen molar-refractivity contribution >= 4 is 5.82 Å². The summed E-state index contributed by atoms with van der Waals surface area (Å²) in [6.07, 6.45) is 1.54. The van der Waals surface area contributed by atoms with Gasteiger partial charge in [0.2, 0.25) is 0 Å². The summed E-state index contributed by atoms with van der Waals surface area (Å²) in [4.78, 5) is 13.4. The lowest BCUT2D eigenvalue weighted by atomic mass is 10.1. The summed E-state index contributed by atoms with van der Waals surface area (Å²) >= 11 is 0. The van der Waals surface area contributed by atoms with Gasteiger partial charge in [0.25, 0.3) is 0 Å². The van der Waals surface area contributed by atoms with Crippen molar-refractivity contribution in [2.75, 3.05) is 0 Å². The van der Waals surface area contributed by atoms with Crippen LogP contribution in [-0.4, -0.2) is 9.91 Å². The molecule has 1 rings (SSSR count). The molecule has 1 heterocycles. The zero-order chi connectivity index (χ0) is 9.14. The summed E-state index contributed by atoms with van der Waals surface area (Å²) in [5.74, 6) is 0.262. The Morgan fingerprint density at radius 1 is 1.50 bits per heavy atom. The molecule has 0 spiro atoms. The first-order valence-electron chi connectivity index (χ1n) is 3.71. The maximum absolute atomic E-state index is 10.2. The zero-order valence-electron chi connectivity index (χ0n) is 7.02. The number of rotatable bonds is 2. The van der Waals surface area contributed by atoms with E-state index in [0.29, 0.717) is 5.92 Å². The molecule has 0 aliphatic heterocycles. The molecule has 0 amide bonds. The van der Waals surface area contributed by atoms with Crippen LogP contribution in [0.25, 0.3) is 0 Å². The van der Waals surface area contributed by atoms with Crippen LogP contribution in [0.3, 0.4) is 0 Å². The molecule has 0 saturated heterocycles. The molecule has 1 aromatic rings. The second-order valence-corrected chi connectivity index (χ2v) is 2.86. The van der Waals surface area contributed by atoms with E-state index in [4.69, 9.17) is 0 Å². The van der Waals surface area contributed by atoms with Gasteiger partial charge in [0.1, 0.15) is 6.20 Å². The molecular weight excluding hydrogens is 156 g/mol. The van der Waals surface area contributed by atoms with E-state index in [9.17, 15) is 10.1 Å². The number of hydrogen-bond acceptors (Lipinski definition) is 3. The maximum Gasteiger partial charge on any atom is 0.363 e. The number of aromatic nitrogens is 1. The van der Waals surface area contributed by atoms with Gasteiger partial charge >= 0.3 is 5.82 Å². The van der Waals surface area contributed by atoms with Gasteiger partial charge in [-0.1, -0.05) is 13.8 Å². The second kappa shape index (κ2) is 3.30. The Morgan fingerprint density at radius 2 is 2.17 bits per heavy atom. The van der Waals surface area contributed by atoms with E-state index in [0.717, 1.165) is 5.56 Å². The van der Waals surface area contributed by atoms with E-state index in [1.165, 1.54) is 6.07 Å². The van der Waals surface area contributed by atoms with Crippen molar-refractivity contribution in [1.82, 2.24) is 4.98 Å². The molecule has 0 aromatic carbocycles. The van der Waals surface area contributed by atoms with Crippen molar-refractivity contribution in [3.8, 4) is 0 Å². The first-order chi connectivity index (χ1) is 5.61. The monoisotopic (exact) mass is 166 g/mol. The maximum atomic E-state index is 10.2. The van der Waals surface area contributed by atoms with Crippen LogP contribution < -0.4 is 0 Å². The lowest BCUT2D eigenvalue weighted by Gasteiger charge is -2.00. The minimum atomic E-state index is -0.496. The molecule has 1 aromatic heterocycles. The smallest absolute Gasteiger partial charge is 0.358 e. The normalized spacial score (nSPS) is 10.2. The molecule has 12 heavy (non-hydrogen) atoms. The topological polar surface area (TPSA) is 56.0 Å². The van der Waals surface area contributed by atoms with Gasteiger partial charge in [-0.25, -0.2) is 0 Å². The molecule has 0 saturated carbocycles. The van der Waals surface area contributed by atoms with E-state index < -0.39 is 4.92 Å². The third-order valence-corrected chi connectivity index (χ3v) is 1.62. The number of nitro groups is 1. The number of hydrogen-bond donors (Lipinski definition) is 0. The molecular formula is C8H10N2O2. The van der Waals surface area contributed by atoms with Crippen LogP contribution in [0, 0.1) is 10.1 Å². The molecule has 0 unspecified atom stereocenters. The Bertz CT molecular complexity index is 280. The van der Waals surface area contributed by atoms with Crippen LogP contribution in [0.5, 0.6) is 0 Å². The Morgan fingerprint density at radius 3 is 2.50 bits per heavy atom. The highest BCUT2D eigenvalue weighted by Crippen LogP contribution is 2.15. The van der Waals surface area contributed by atoms with Crippen LogP contribution in [0.4, 0.5) is 5.82 Å². The lowest BCUT2D eigenvalue weighted by molar-refractivity contribution is -0.389. The van der Waals surface area contributed by atoms with Crippen LogP contribution in [0.15, 0.2) is 18.3 Å². The highest BCUT2D eigenvalue weighted by Gasteiger charge is 2.07. The second-order valence-electron chi connectivity index (χ2n) is 2.86. The fraction of sp³-hybridized carbons (Fsp3) is 0.375. The molecule has 0 aliphatic rings. The van der Waals surface area contributed by atoms with Crippen LogP contribution in [-0.2, 0) is 0 Å². The number of pyridine rings is 1. The van der Waals surface area contributed by atoms with E-state index in [-0.39, 0.29) is 5.82 Å². The summed E-state index contributed by atoms with van der Waals surface area (Å²) in [5.41, 5.74) is 1.01. The zero-order valence-corrected chi connectivity index (χ0v) is 7.02. The number of nitrogens with zero attached hydrogens (tertiary/aromatic N) is 2. The molecule has 0 radical (unpaired) electrons. The Balaban J connectivity index is 2.93. The highest BCUT2D eigenvalue weighted by atomic mass is 16.6. The standard InChI is InChI=1S/C8H10N2O2/c1-6(2)7-3-4-8(9-5-7)10(11)12/h3-6H,1-2H3. The summed E-state index contributed by atoms with van der Waals surface area (Å²) in [6.45, 7) is 4.03. The average Bonchev–Trinajstić information content (AvgIpc) is 2.04. The van der Waals surface area contributed by atoms with Crippen molar-refractivity contribution in [2.45, 2.75) is 19.8 Å². The van der Waals surface area contributed by atoms with Gasteiger partial charge in [-0.3, -0.25) is 0 Å². The quantitative estimate of drug-likeness (QED) is 0.499. The van der Waals surface area contributed by atoms with Crippen LogP contribution in [0.2, 0.25) is 0 Å². The highest BCUT2D eigenvalue weighted by molar-refractivity contribution is 5.24. The van der Waals surface area contributed by atoms with E-state index in [1.807, 2.05) is 13.8 Å². The van der Waals surface area contributed by atoms with Crippen molar-refractivity contribution in [3.05, 3.63) is 34.0 Å². The van der Waals surface area contributed by atoms with Crippen molar-refractivity contribution in [3.63, 3.8) is 0 Å². The molecule has 0 N–H and O–H groups in total. The van der Waals surface area contributed by atoms with E-state index in [1.54, 1.807) is 12.3 Å². The lowest BCUT2D eigenvalue weighted by Crippen LogP contribution is -1.94. The third kappa shape index (κ3) is 1.78. The fourth-order valence-electron chi connectivity index (χ4n) is 0.847. The molecule has 0 atom stereocenters. The minimum Gasteiger partial charge on any atom is -0.358 e. The SMILES string of the molecule is CC(C)c1ccc([N+](=O)[O-])nc1. The van der Waals surface area contributed by atoms with Crippen LogP contribution in [0.1, 0.15) is 25.3 Å². The summed E-state index contributed by atoms with van der Waals surface area (Å²) < 4.78 is 0. The van der Waals surface area contributed by atoms with Gasteiger partial charge in [0.05, 0.1) is 0 Å². The molecule has 0 bridgehead atoms.